The Kier molecular flexibility index (Phi) is 13.0. The molecule has 2 aromatic carbocycles. The number of likely N-dealkylation sites (N-methyl/N-ethyl adjacent to an activating group) is 1. The maximum Gasteiger partial charge on any atom is 0.413 e. The summed E-state index contributed by atoms with van der Waals surface area (Å²) in [4.78, 5) is 56.0. The highest BCUT2D eigenvalue weighted by molar-refractivity contribution is 5.95. The number of carbonyl (C=O) groups is 3. The van der Waals surface area contributed by atoms with Crippen LogP contribution < -0.4 is 15.0 Å². The quantitative estimate of drug-likeness (QED) is 0.121. The fourth-order valence-corrected chi connectivity index (χ4v) is 15.4. The maximum absolute atomic E-state index is 15.5. The Morgan fingerprint density at radius 1 is 1.03 bits per heavy atom. The molecule has 6 aliphatic heterocycles. The number of aliphatic hydroxyl groups excluding tert-OH is 2. The van der Waals surface area contributed by atoms with Gasteiger partial charge in [-0.3, -0.25) is 24.3 Å². The lowest BCUT2D eigenvalue weighted by atomic mass is 9.47. The lowest BCUT2D eigenvalue weighted by Crippen LogP contribution is -2.81. The second-order valence-corrected chi connectivity index (χ2v) is 23.9. The van der Waals surface area contributed by atoms with Gasteiger partial charge < -0.3 is 54.6 Å². The third kappa shape index (κ3) is 7.67. The minimum Gasteiger partial charge on any atom is -0.496 e. The molecule has 3 saturated heterocycles. The van der Waals surface area contributed by atoms with Gasteiger partial charge in [-0.2, -0.15) is 0 Å². The average Bonchev–Trinajstić information content (AvgIpc) is 4.11. The van der Waals surface area contributed by atoms with Gasteiger partial charge in [-0.25, -0.2) is 4.79 Å². The molecule has 402 valence electrons. The lowest BCUT2D eigenvalue weighted by Gasteiger charge is -2.63. The summed E-state index contributed by atoms with van der Waals surface area (Å²) >= 11 is 0. The molecule has 3 aromatic rings. The molecule has 17 nitrogen and oxygen atoms in total. The van der Waals surface area contributed by atoms with E-state index in [0.29, 0.717) is 88.2 Å². The van der Waals surface area contributed by atoms with Crippen LogP contribution in [0.3, 0.4) is 0 Å². The first-order chi connectivity index (χ1) is 35.0. The number of para-hydroxylation sites is 1. The summed E-state index contributed by atoms with van der Waals surface area (Å²) in [5.41, 5.74) is -3.98. The van der Waals surface area contributed by atoms with E-state index < -0.39 is 81.0 Å². The Morgan fingerprint density at radius 2 is 1.78 bits per heavy atom. The standard InChI is InChI=1S/C57H78N6O11/c1-11-53(69)29-34-30-56(49(67)72-10,44-36(20-25-61(31-34)33-53)35-17-13-14-18-39(35)59-44)38-27-37-40(28-43(38)71-9)60(8)46-55(37)22-26-62-24-16-21-54(12-2,45(55)62)47(65)57(46,70)48(66)58-23-15-19-42(64)41-32-73-52(6,7)63(41)50(68)74-51(3,4)5/h13-19,21,27-28,34,41-42,45-47,59,64-65,69-70H,11-12,20,22-26,29-33H2,1-10H3,(H,58,66)/b19-15+/t34?,41-,42-,45+,46?,47-,53+,54-,55?,56+,57+/m1/s1. The van der Waals surface area contributed by atoms with E-state index in [1.807, 2.05) is 62.2 Å². The van der Waals surface area contributed by atoms with Gasteiger partial charge in [0.05, 0.1) is 44.6 Å². The van der Waals surface area contributed by atoms with Gasteiger partial charge >= 0.3 is 12.1 Å². The molecule has 1 aromatic heterocycles. The molecule has 1 spiro atoms. The molecule has 4 fully saturated rings. The number of amides is 2. The van der Waals surface area contributed by atoms with E-state index in [9.17, 15) is 25.2 Å². The van der Waals surface area contributed by atoms with Crippen LogP contribution in [0.5, 0.6) is 5.75 Å². The van der Waals surface area contributed by atoms with Crippen LogP contribution in [0, 0.1) is 11.3 Å². The van der Waals surface area contributed by atoms with Gasteiger partial charge in [0.1, 0.15) is 28.6 Å². The average molecular weight is 1020 g/mol. The number of fused-ring (bicyclic) bond motifs is 6. The van der Waals surface area contributed by atoms with Crippen molar-refractivity contribution in [1.29, 1.82) is 0 Å². The molecular weight excluding hydrogens is 945 g/mol. The van der Waals surface area contributed by atoms with Gasteiger partial charge in [0, 0.05) is 90.6 Å². The molecule has 0 radical (unpaired) electrons. The molecule has 7 heterocycles. The topological polar surface area (TPSA) is 210 Å². The van der Waals surface area contributed by atoms with Gasteiger partial charge in [-0.1, -0.05) is 56.4 Å². The molecule has 1 aliphatic carbocycles. The summed E-state index contributed by atoms with van der Waals surface area (Å²) < 4.78 is 24.0. The van der Waals surface area contributed by atoms with E-state index in [-0.39, 0.29) is 25.1 Å². The third-order valence-electron chi connectivity index (χ3n) is 18.4. The first kappa shape index (κ1) is 52.4. The predicted octanol–water partition coefficient (Wildman–Crippen LogP) is 4.65. The number of methoxy groups -OCH3 is 2. The van der Waals surface area contributed by atoms with Crippen molar-refractivity contribution in [3.05, 3.63) is 83.1 Å². The number of aliphatic hydroxyl groups is 4. The third-order valence-corrected chi connectivity index (χ3v) is 18.4. The van der Waals surface area contributed by atoms with Gasteiger partial charge in [0.25, 0.3) is 5.91 Å². The van der Waals surface area contributed by atoms with E-state index in [1.165, 1.54) is 18.1 Å². The molecule has 17 heteroatoms. The maximum atomic E-state index is 15.5. The van der Waals surface area contributed by atoms with Gasteiger partial charge in [-0.05, 0) is 109 Å². The number of benzene rings is 2. The molecule has 12 atom stereocenters. The highest BCUT2D eigenvalue weighted by Crippen LogP contribution is 2.67. The number of nitrogens with one attached hydrogen (secondary N) is 2. The fraction of sp³-hybridized carbons (Fsp3) is 0.632. The van der Waals surface area contributed by atoms with Crippen molar-refractivity contribution < 1.29 is 53.8 Å². The fourth-order valence-electron chi connectivity index (χ4n) is 15.4. The second kappa shape index (κ2) is 18.3. The van der Waals surface area contributed by atoms with E-state index in [4.69, 9.17) is 18.9 Å². The number of rotatable bonds is 10. The molecule has 2 bridgehead atoms. The Labute approximate surface area is 434 Å². The molecule has 10 rings (SSSR count). The van der Waals surface area contributed by atoms with Crippen LogP contribution >= 0.6 is 0 Å². The summed E-state index contributed by atoms with van der Waals surface area (Å²) in [7, 11) is 4.87. The number of aromatic nitrogens is 1. The number of aromatic amines is 1. The smallest absolute Gasteiger partial charge is 0.413 e. The summed E-state index contributed by atoms with van der Waals surface area (Å²) in [6.45, 7) is 15.9. The number of carbonyl (C=O) groups excluding carboxylic acids is 3. The first-order valence-corrected chi connectivity index (χ1v) is 26.7. The first-order valence-electron chi connectivity index (χ1n) is 26.7. The minimum absolute atomic E-state index is 0.0507. The molecule has 6 N–H and O–H groups in total. The van der Waals surface area contributed by atoms with Crippen molar-refractivity contribution in [2.45, 2.75) is 151 Å². The van der Waals surface area contributed by atoms with Crippen molar-refractivity contribution in [2.75, 3.05) is 72.0 Å². The van der Waals surface area contributed by atoms with E-state index in [2.05, 4.69) is 32.2 Å². The van der Waals surface area contributed by atoms with Gasteiger partial charge in [0.15, 0.2) is 5.60 Å². The monoisotopic (exact) mass is 1020 g/mol. The SMILES string of the molecule is CC[C@]1(O)CC2CN(CCc3c([nH]c4ccccc34)[C@@](C(=O)OC)(c3cc4c(cc3OC)N(C)C3C45CCN4CC=C[C@](CC)([C@H]45)[C@@H](O)[C@]3(O)C(=O)NC/C=C/[C@@H](O)[C@H]3COC(C)(C)N3C(=O)OC(C)(C)C)C2)C1. The van der Waals surface area contributed by atoms with Crippen molar-refractivity contribution in [1.82, 2.24) is 25.0 Å². The van der Waals surface area contributed by atoms with Crippen molar-refractivity contribution in [3.8, 4) is 5.75 Å². The van der Waals surface area contributed by atoms with Crippen molar-refractivity contribution in [2.24, 2.45) is 11.3 Å². The normalized spacial score (nSPS) is 35.5. The molecule has 74 heavy (non-hydrogen) atoms. The van der Waals surface area contributed by atoms with Crippen LogP contribution in [0.1, 0.15) is 103 Å². The summed E-state index contributed by atoms with van der Waals surface area (Å²) in [5, 5.41) is 54.2. The molecule has 2 amide bonds. The van der Waals surface area contributed by atoms with Crippen LogP contribution in [-0.2, 0) is 41.1 Å². The number of esters is 1. The van der Waals surface area contributed by atoms with Crippen molar-refractivity contribution in [3.63, 3.8) is 0 Å². The number of hydrogen-bond acceptors (Lipinski definition) is 14. The largest absolute Gasteiger partial charge is 0.496 e. The zero-order valence-electron chi connectivity index (χ0n) is 44.9. The Hall–Kier alpha value is -5.01. The summed E-state index contributed by atoms with van der Waals surface area (Å²) in [5.74, 6) is -0.947. The number of hydrogen-bond donors (Lipinski definition) is 6. The predicted molar refractivity (Wildman–Crippen MR) is 279 cm³/mol. The molecular formula is C57H78N6O11. The van der Waals surface area contributed by atoms with Crippen LogP contribution in [0.4, 0.5) is 10.5 Å². The minimum atomic E-state index is -2.41. The zero-order chi connectivity index (χ0) is 53.1. The molecule has 1 saturated carbocycles. The highest BCUT2D eigenvalue weighted by atomic mass is 16.6. The molecule has 4 unspecified atom stereocenters. The van der Waals surface area contributed by atoms with Gasteiger partial charge in [-0.15, -0.1) is 0 Å². The van der Waals surface area contributed by atoms with Crippen LogP contribution in [0.25, 0.3) is 10.9 Å². The van der Waals surface area contributed by atoms with E-state index in [0.717, 1.165) is 27.7 Å². The summed E-state index contributed by atoms with van der Waals surface area (Å²) in [6.07, 6.45) is 6.62. The number of nitrogens with zero attached hydrogens (tertiary/aromatic N) is 4. The van der Waals surface area contributed by atoms with E-state index >= 15 is 9.59 Å². The highest BCUT2D eigenvalue weighted by Gasteiger charge is 2.78. The van der Waals surface area contributed by atoms with Crippen LogP contribution in [-0.4, -0.2) is 178 Å². The summed E-state index contributed by atoms with van der Waals surface area (Å²) in [6, 6.07) is 9.99. The Balaban J connectivity index is 1.09. The Bertz CT molecular complexity index is 2770. The molecule has 7 aliphatic rings. The van der Waals surface area contributed by atoms with Crippen LogP contribution in [0.15, 0.2) is 60.7 Å². The lowest BCUT2D eigenvalue weighted by molar-refractivity contribution is -0.203. The number of piperidine rings is 1. The number of ether oxygens (including phenoxy) is 4. The Morgan fingerprint density at radius 3 is 2.49 bits per heavy atom. The van der Waals surface area contributed by atoms with E-state index in [1.54, 1.807) is 47.8 Å². The number of anilines is 1. The second-order valence-electron chi connectivity index (χ2n) is 23.9. The zero-order valence-corrected chi connectivity index (χ0v) is 44.9. The number of H-pyrrole nitrogens is 1. The van der Waals surface area contributed by atoms with Crippen molar-refractivity contribution >= 4 is 34.6 Å². The van der Waals surface area contributed by atoms with Gasteiger partial charge in [0.2, 0.25) is 0 Å². The van der Waals surface area contributed by atoms with Crippen LogP contribution in [0.2, 0.25) is 0 Å².